The van der Waals surface area contributed by atoms with E-state index in [1.807, 2.05) is 30.5 Å². The number of aromatic amines is 1. The number of hydrogen-bond acceptors (Lipinski definition) is 3. The molecule has 0 bridgehead atoms. The molecule has 1 aliphatic heterocycles. The highest BCUT2D eigenvalue weighted by Crippen LogP contribution is 2.18. The molecule has 0 radical (unpaired) electrons. The van der Waals surface area contributed by atoms with E-state index in [4.69, 9.17) is 10.5 Å². The van der Waals surface area contributed by atoms with Gasteiger partial charge in [-0.15, -0.1) is 0 Å². The lowest BCUT2D eigenvalue weighted by Gasteiger charge is -2.24. The van der Waals surface area contributed by atoms with E-state index >= 15 is 0 Å². The van der Waals surface area contributed by atoms with Crippen LogP contribution >= 0.6 is 0 Å². The fourth-order valence-corrected chi connectivity index (χ4v) is 2.79. The molecule has 4 N–H and O–H groups in total. The predicted octanol–water partition coefficient (Wildman–Crippen LogP) is 1.33. The second kappa shape index (κ2) is 6.28. The summed E-state index contributed by atoms with van der Waals surface area (Å²) in [6.45, 7) is 1.37. The lowest BCUT2D eigenvalue weighted by atomic mass is 10.0. The Labute approximate surface area is 123 Å². The molecular formula is C16H21N3O2. The van der Waals surface area contributed by atoms with E-state index in [2.05, 4.69) is 10.3 Å². The van der Waals surface area contributed by atoms with Crippen LogP contribution in [0.1, 0.15) is 18.4 Å². The summed E-state index contributed by atoms with van der Waals surface area (Å²) in [4.78, 5) is 15.4. The standard InChI is InChI=1S/C16H21N3O2/c17-14(16(20)19-12-4-3-7-21-10-12)8-11-9-18-15-6-2-1-5-13(11)15/h1-2,5-6,9,12,14,18H,3-4,7-8,10,17H2,(H,19,20)/t12?,14-/m1/s1. The van der Waals surface area contributed by atoms with E-state index in [0.29, 0.717) is 13.0 Å². The Hall–Kier alpha value is -1.85. The largest absolute Gasteiger partial charge is 0.379 e. The highest BCUT2D eigenvalue weighted by Gasteiger charge is 2.21. The smallest absolute Gasteiger partial charge is 0.237 e. The first kappa shape index (κ1) is 14.1. The van der Waals surface area contributed by atoms with Crippen molar-refractivity contribution in [3.63, 3.8) is 0 Å². The van der Waals surface area contributed by atoms with Gasteiger partial charge in [-0.3, -0.25) is 4.79 Å². The Morgan fingerprint density at radius 1 is 1.48 bits per heavy atom. The van der Waals surface area contributed by atoms with Crippen molar-refractivity contribution in [1.82, 2.24) is 10.3 Å². The summed E-state index contributed by atoms with van der Waals surface area (Å²) in [5, 5.41) is 4.11. The van der Waals surface area contributed by atoms with Gasteiger partial charge >= 0.3 is 0 Å². The Kier molecular flexibility index (Phi) is 4.22. The molecule has 1 amide bonds. The molecule has 0 saturated carbocycles. The van der Waals surface area contributed by atoms with Gasteiger partial charge in [0.2, 0.25) is 5.91 Å². The van der Waals surface area contributed by atoms with Crippen molar-refractivity contribution in [2.75, 3.05) is 13.2 Å². The van der Waals surface area contributed by atoms with Gasteiger partial charge in [0.05, 0.1) is 18.7 Å². The van der Waals surface area contributed by atoms with E-state index < -0.39 is 6.04 Å². The van der Waals surface area contributed by atoms with Crippen LogP contribution in [0.4, 0.5) is 0 Å². The molecule has 5 nitrogen and oxygen atoms in total. The van der Waals surface area contributed by atoms with Gasteiger partial charge in [0.25, 0.3) is 0 Å². The van der Waals surface area contributed by atoms with Crippen molar-refractivity contribution in [2.45, 2.75) is 31.3 Å². The molecule has 2 heterocycles. The Balaban J connectivity index is 1.62. The second-order valence-electron chi connectivity index (χ2n) is 5.59. The van der Waals surface area contributed by atoms with Crippen LogP contribution in [-0.2, 0) is 16.0 Å². The van der Waals surface area contributed by atoms with Crippen molar-refractivity contribution in [1.29, 1.82) is 0 Å². The molecule has 1 aliphatic rings. The van der Waals surface area contributed by atoms with Crippen molar-refractivity contribution in [3.05, 3.63) is 36.0 Å². The Bertz CT molecular complexity index is 617. The number of nitrogens with one attached hydrogen (secondary N) is 2. The fourth-order valence-electron chi connectivity index (χ4n) is 2.79. The number of carbonyl (C=O) groups is 1. The minimum atomic E-state index is -0.536. The fraction of sp³-hybridized carbons (Fsp3) is 0.438. The number of nitrogens with two attached hydrogens (primary N) is 1. The van der Waals surface area contributed by atoms with E-state index in [1.54, 1.807) is 0 Å². The number of carbonyl (C=O) groups excluding carboxylic acids is 1. The van der Waals surface area contributed by atoms with Crippen LogP contribution in [0.15, 0.2) is 30.5 Å². The number of fused-ring (bicyclic) bond motifs is 1. The molecular weight excluding hydrogens is 266 g/mol. The van der Waals surface area contributed by atoms with Crippen molar-refractivity contribution in [2.24, 2.45) is 5.73 Å². The zero-order valence-electron chi connectivity index (χ0n) is 12.0. The van der Waals surface area contributed by atoms with Crippen molar-refractivity contribution in [3.8, 4) is 0 Å². The first-order valence-electron chi connectivity index (χ1n) is 7.43. The number of H-pyrrole nitrogens is 1. The number of rotatable bonds is 4. The molecule has 0 spiro atoms. The second-order valence-corrected chi connectivity index (χ2v) is 5.59. The zero-order valence-corrected chi connectivity index (χ0v) is 12.0. The van der Waals surface area contributed by atoms with E-state index in [9.17, 15) is 4.79 Å². The van der Waals surface area contributed by atoms with Gasteiger partial charge in [-0.2, -0.15) is 0 Å². The number of benzene rings is 1. The number of aromatic nitrogens is 1. The third-order valence-electron chi connectivity index (χ3n) is 3.96. The van der Waals surface area contributed by atoms with Gasteiger partial charge in [0.1, 0.15) is 0 Å². The molecule has 1 unspecified atom stereocenters. The van der Waals surface area contributed by atoms with Crippen molar-refractivity contribution < 1.29 is 9.53 Å². The summed E-state index contributed by atoms with van der Waals surface area (Å²) in [7, 11) is 0. The predicted molar refractivity (Wildman–Crippen MR) is 82.0 cm³/mol. The highest BCUT2D eigenvalue weighted by atomic mass is 16.5. The maximum atomic E-state index is 12.2. The first-order valence-corrected chi connectivity index (χ1v) is 7.43. The highest BCUT2D eigenvalue weighted by molar-refractivity contribution is 5.86. The zero-order chi connectivity index (χ0) is 14.7. The van der Waals surface area contributed by atoms with Crippen LogP contribution in [-0.4, -0.2) is 36.2 Å². The Morgan fingerprint density at radius 3 is 3.14 bits per heavy atom. The summed E-state index contributed by atoms with van der Waals surface area (Å²) in [6.07, 6.45) is 4.42. The summed E-state index contributed by atoms with van der Waals surface area (Å²) in [5.74, 6) is -0.101. The molecule has 1 aromatic carbocycles. The van der Waals surface area contributed by atoms with Crippen LogP contribution in [0.3, 0.4) is 0 Å². The summed E-state index contributed by atoms with van der Waals surface area (Å²) in [5.41, 5.74) is 8.20. The minimum absolute atomic E-state index is 0.0975. The molecule has 21 heavy (non-hydrogen) atoms. The van der Waals surface area contributed by atoms with Crippen molar-refractivity contribution >= 4 is 16.8 Å². The Morgan fingerprint density at radius 2 is 2.33 bits per heavy atom. The number of para-hydroxylation sites is 1. The van der Waals surface area contributed by atoms with Gasteiger partial charge in [-0.05, 0) is 30.9 Å². The molecule has 1 fully saturated rings. The maximum absolute atomic E-state index is 12.2. The van der Waals surface area contributed by atoms with Gasteiger partial charge in [0.15, 0.2) is 0 Å². The average Bonchev–Trinajstić information content (AvgIpc) is 2.91. The van der Waals surface area contributed by atoms with E-state index in [1.165, 1.54) is 0 Å². The molecule has 1 saturated heterocycles. The monoisotopic (exact) mass is 287 g/mol. The lowest BCUT2D eigenvalue weighted by molar-refractivity contribution is -0.124. The third-order valence-corrected chi connectivity index (χ3v) is 3.96. The quantitative estimate of drug-likeness (QED) is 0.793. The van der Waals surface area contributed by atoms with Crippen LogP contribution < -0.4 is 11.1 Å². The number of hydrogen-bond donors (Lipinski definition) is 3. The first-order chi connectivity index (χ1) is 10.2. The molecule has 2 aromatic rings. The molecule has 2 atom stereocenters. The molecule has 5 heteroatoms. The van der Waals surface area contributed by atoms with Crippen LogP contribution in [0.2, 0.25) is 0 Å². The van der Waals surface area contributed by atoms with Crippen LogP contribution in [0.25, 0.3) is 10.9 Å². The van der Waals surface area contributed by atoms with E-state index in [-0.39, 0.29) is 11.9 Å². The van der Waals surface area contributed by atoms with Gasteiger partial charge in [-0.25, -0.2) is 0 Å². The molecule has 1 aromatic heterocycles. The number of ether oxygens (including phenoxy) is 1. The summed E-state index contributed by atoms with van der Waals surface area (Å²) >= 11 is 0. The summed E-state index contributed by atoms with van der Waals surface area (Å²) < 4.78 is 5.37. The van der Waals surface area contributed by atoms with Crippen LogP contribution in [0, 0.1) is 0 Å². The van der Waals surface area contributed by atoms with Gasteiger partial charge in [-0.1, -0.05) is 18.2 Å². The third kappa shape index (κ3) is 3.25. The lowest BCUT2D eigenvalue weighted by Crippen LogP contribution is -2.48. The SMILES string of the molecule is N[C@H](Cc1c[nH]c2ccccc12)C(=O)NC1CCCOC1. The van der Waals surface area contributed by atoms with E-state index in [0.717, 1.165) is 35.9 Å². The topological polar surface area (TPSA) is 80.1 Å². The normalized spacial score (nSPS) is 20.3. The van der Waals surface area contributed by atoms with Gasteiger partial charge in [0, 0.05) is 23.7 Å². The van der Waals surface area contributed by atoms with Gasteiger partial charge < -0.3 is 20.8 Å². The molecule has 112 valence electrons. The molecule has 3 rings (SSSR count). The maximum Gasteiger partial charge on any atom is 0.237 e. The van der Waals surface area contributed by atoms with Crippen LogP contribution in [0.5, 0.6) is 0 Å². The minimum Gasteiger partial charge on any atom is -0.379 e. The average molecular weight is 287 g/mol. The number of amides is 1. The summed E-state index contributed by atoms with van der Waals surface area (Å²) in [6, 6.07) is 7.60. The molecule has 0 aliphatic carbocycles.